The predicted octanol–water partition coefficient (Wildman–Crippen LogP) is 5.54. The van der Waals surface area contributed by atoms with Crippen LogP contribution in [-0.4, -0.2) is 0 Å². The Kier molecular flexibility index (Phi) is 7.79. The van der Waals surface area contributed by atoms with Gasteiger partial charge in [-0.15, -0.1) is 0 Å². The third-order valence-electron chi connectivity index (χ3n) is 3.50. The standard InChI is InChI=1S/C17H28/c1-3-5-6-7-8-9-10-11-17-14-12-16(4-2)13-15-17/h12-15H,3-11H2,1-2H3. The van der Waals surface area contributed by atoms with Crippen molar-refractivity contribution in [3.63, 3.8) is 0 Å². The molecule has 0 amide bonds. The summed E-state index contributed by atoms with van der Waals surface area (Å²) in [6.07, 6.45) is 12.2. The molecule has 96 valence electrons. The first-order valence-corrected chi connectivity index (χ1v) is 7.44. The Morgan fingerprint density at radius 3 is 1.76 bits per heavy atom. The molecule has 0 unspecified atom stereocenters. The second-order valence-electron chi connectivity index (χ2n) is 5.04. The lowest BCUT2D eigenvalue weighted by Crippen LogP contribution is -1.87. The van der Waals surface area contributed by atoms with E-state index in [0.717, 1.165) is 6.42 Å². The molecule has 0 aliphatic carbocycles. The maximum atomic E-state index is 2.30. The summed E-state index contributed by atoms with van der Waals surface area (Å²) < 4.78 is 0. The topological polar surface area (TPSA) is 0 Å². The van der Waals surface area contributed by atoms with Gasteiger partial charge in [-0.3, -0.25) is 0 Å². The smallest absolute Gasteiger partial charge is 0.0279 e. The summed E-state index contributed by atoms with van der Waals surface area (Å²) in [6, 6.07) is 9.15. The maximum absolute atomic E-state index is 2.30. The van der Waals surface area contributed by atoms with E-state index in [1.807, 2.05) is 0 Å². The van der Waals surface area contributed by atoms with Gasteiger partial charge < -0.3 is 0 Å². The zero-order valence-corrected chi connectivity index (χ0v) is 11.7. The first kappa shape index (κ1) is 14.3. The van der Waals surface area contributed by atoms with Crippen molar-refractivity contribution in [1.29, 1.82) is 0 Å². The third kappa shape index (κ3) is 6.51. The molecule has 0 aliphatic rings. The van der Waals surface area contributed by atoms with E-state index in [2.05, 4.69) is 38.1 Å². The summed E-state index contributed by atoms with van der Waals surface area (Å²) in [4.78, 5) is 0. The van der Waals surface area contributed by atoms with Crippen LogP contribution in [0.3, 0.4) is 0 Å². The SMILES string of the molecule is CCCCCCCCCc1ccc(CC)cc1. The van der Waals surface area contributed by atoms with Gasteiger partial charge in [0.05, 0.1) is 0 Å². The van der Waals surface area contributed by atoms with Crippen LogP contribution >= 0.6 is 0 Å². The number of rotatable bonds is 9. The average Bonchev–Trinajstić information content (AvgIpc) is 2.38. The highest BCUT2D eigenvalue weighted by molar-refractivity contribution is 5.22. The van der Waals surface area contributed by atoms with Gasteiger partial charge in [0.1, 0.15) is 0 Å². The summed E-state index contributed by atoms with van der Waals surface area (Å²) >= 11 is 0. The Balaban J connectivity index is 2.05. The molecule has 17 heavy (non-hydrogen) atoms. The fourth-order valence-corrected chi connectivity index (χ4v) is 2.23. The van der Waals surface area contributed by atoms with Crippen LogP contribution in [0, 0.1) is 0 Å². The zero-order chi connectivity index (χ0) is 12.3. The van der Waals surface area contributed by atoms with Crippen molar-refractivity contribution in [1.82, 2.24) is 0 Å². The molecule has 0 aromatic heterocycles. The summed E-state index contributed by atoms with van der Waals surface area (Å²) in [5.74, 6) is 0. The van der Waals surface area contributed by atoms with E-state index in [9.17, 15) is 0 Å². The molecule has 0 N–H and O–H groups in total. The lowest BCUT2D eigenvalue weighted by atomic mass is 10.0. The number of benzene rings is 1. The second-order valence-corrected chi connectivity index (χ2v) is 5.04. The van der Waals surface area contributed by atoms with E-state index in [-0.39, 0.29) is 0 Å². The van der Waals surface area contributed by atoms with Gasteiger partial charge in [-0.2, -0.15) is 0 Å². The van der Waals surface area contributed by atoms with Crippen LogP contribution in [0.5, 0.6) is 0 Å². The highest BCUT2D eigenvalue weighted by atomic mass is 14.0. The molecule has 0 nitrogen and oxygen atoms in total. The van der Waals surface area contributed by atoms with Crippen LogP contribution in [0.4, 0.5) is 0 Å². The lowest BCUT2D eigenvalue weighted by molar-refractivity contribution is 0.589. The molecular weight excluding hydrogens is 204 g/mol. The van der Waals surface area contributed by atoms with E-state index in [4.69, 9.17) is 0 Å². The molecule has 0 aliphatic heterocycles. The third-order valence-corrected chi connectivity index (χ3v) is 3.50. The molecule has 0 bridgehead atoms. The average molecular weight is 232 g/mol. The number of hydrogen-bond donors (Lipinski definition) is 0. The Hall–Kier alpha value is -0.780. The number of unbranched alkanes of at least 4 members (excludes halogenated alkanes) is 6. The molecule has 0 radical (unpaired) electrons. The quantitative estimate of drug-likeness (QED) is 0.490. The Labute approximate surface area is 107 Å². The molecule has 0 saturated carbocycles. The van der Waals surface area contributed by atoms with Crippen LogP contribution in [0.25, 0.3) is 0 Å². The Morgan fingerprint density at radius 2 is 1.18 bits per heavy atom. The molecule has 0 fully saturated rings. The molecule has 1 rings (SSSR count). The normalized spacial score (nSPS) is 10.7. The van der Waals surface area contributed by atoms with Gasteiger partial charge in [0, 0.05) is 0 Å². The van der Waals surface area contributed by atoms with Crippen LogP contribution in [-0.2, 0) is 12.8 Å². The number of hydrogen-bond acceptors (Lipinski definition) is 0. The highest BCUT2D eigenvalue weighted by Crippen LogP contribution is 2.11. The van der Waals surface area contributed by atoms with Crippen LogP contribution < -0.4 is 0 Å². The fourth-order valence-electron chi connectivity index (χ4n) is 2.23. The van der Waals surface area contributed by atoms with Crippen molar-refractivity contribution < 1.29 is 0 Å². The van der Waals surface area contributed by atoms with Gasteiger partial charge in [-0.1, -0.05) is 76.6 Å². The monoisotopic (exact) mass is 232 g/mol. The molecule has 0 spiro atoms. The summed E-state index contributed by atoms with van der Waals surface area (Å²) in [6.45, 7) is 4.49. The van der Waals surface area contributed by atoms with Gasteiger partial charge >= 0.3 is 0 Å². The van der Waals surface area contributed by atoms with E-state index in [0.29, 0.717) is 0 Å². The molecular formula is C17H28. The van der Waals surface area contributed by atoms with Crippen molar-refractivity contribution in [2.75, 3.05) is 0 Å². The minimum Gasteiger partial charge on any atom is -0.0654 e. The minimum absolute atomic E-state index is 1.15. The van der Waals surface area contributed by atoms with Gasteiger partial charge in [0.25, 0.3) is 0 Å². The largest absolute Gasteiger partial charge is 0.0654 e. The van der Waals surface area contributed by atoms with E-state index < -0.39 is 0 Å². The predicted molar refractivity (Wildman–Crippen MR) is 77.5 cm³/mol. The molecule has 0 saturated heterocycles. The molecule has 1 aromatic rings. The van der Waals surface area contributed by atoms with E-state index in [1.54, 1.807) is 0 Å². The van der Waals surface area contributed by atoms with Crippen molar-refractivity contribution in [3.8, 4) is 0 Å². The Bertz CT molecular complexity index is 271. The van der Waals surface area contributed by atoms with Gasteiger partial charge in [-0.25, -0.2) is 0 Å². The van der Waals surface area contributed by atoms with Gasteiger partial charge in [-0.05, 0) is 30.4 Å². The first-order chi connectivity index (χ1) is 8.36. The lowest BCUT2D eigenvalue weighted by Gasteiger charge is -2.03. The summed E-state index contributed by atoms with van der Waals surface area (Å²) in [7, 11) is 0. The maximum Gasteiger partial charge on any atom is -0.0279 e. The van der Waals surface area contributed by atoms with Crippen LogP contribution in [0.1, 0.15) is 69.9 Å². The minimum atomic E-state index is 1.15. The van der Waals surface area contributed by atoms with Crippen molar-refractivity contribution >= 4 is 0 Å². The van der Waals surface area contributed by atoms with E-state index >= 15 is 0 Å². The second kappa shape index (κ2) is 9.27. The molecule has 0 heteroatoms. The van der Waals surface area contributed by atoms with E-state index in [1.165, 1.54) is 62.5 Å². The summed E-state index contributed by atoms with van der Waals surface area (Å²) in [5.41, 5.74) is 2.96. The van der Waals surface area contributed by atoms with Crippen molar-refractivity contribution in [2.45, 2.75) is 71.6 Å². The first-order valence-electron chi connectivity index (χ1n) is 7.44. The van der Waals surface area contributed by atoms with Crippen LogP contribution in [0.15, 0.2) is 24.3 Å². The number of aryl methyl sites for hydroxylation is 2. The van der Waals surface area contributed by atoms with Crippen LogP contribution in [0.2, 0.25) is 0 Å². The summed E-state index contributed by atoms with van der Waals surface area (Å²) in [5, 5.41) is 0. The molecule has 0 heterocycles. The van der Waals surface area contributed by atoms with Crippen molar-refractivity contribution in [3.05, 3.63) is 35.4 Å². The molecule has 0 atom stereocenters. The highest BCUT2D eigenvalue weighted by Gasteiger charge is 1.95. The van der Waals surface area contributed by atoms with Crippen molar-refractivity contribution in [2.24, 2.45) is 0 Å². The van der Waals surface area contributed by atoms with Gasteiger partial charge in [0.2, 0.25) is 0 Å². The zero-order valence-electron chi connectivity index (χ0n) is 11.7. The van der Waals surface area contributed by atoms with Gasteiger partial charge in [0.15, 0.2) is 0 Å². The fraction of sp³-hybridized carbons (Fsp3) is 0.647. The molecule has 1 aromatic carbocycles. The Morgan fingerprint density at radius 1 is 0.647 bits per heavy atom.